The summed E-state index contributed by atoms with van der Waals surface area (Å²) in [5, 5.41) is 2.40. The quantitative estimate of drug-likeness (QED) is 0.791. The summed E-state index contributed by atoms with van der Waals surface area (Å²) in [4.78, 5) is 22.5. The standard InChI is InChI=1S/C20H23N3O/c1-14-6-4-5-11-23(14)20(24)10-9-15-12-17-16-7-2-3-8-18(16)22-19(17)13-21-15/h2-3,7-8,12-14,22H,4-6,9-11H2,1H3. The zero-order valence-electron chi connectivity index (χ0n) is 14.1. The molecular weight excluding hydrogens is 298 g/mol. The van der Waals surface area contributed by atoms with Gasteiger partial charge in [-0.1, -0.05) is 18.2 Å². The third kappa shape index (κ3) is 2.77. The molecule has 1 aliphatic rings. The van der Waals surface area contributed by atoms with Crippen molar-refractivity contribution < 1.29 is 4.79 Å². The Kier molecular flexibility index (Phi) is 3.97. The number of carbonyl (C=O) groups is 1. The van der Waals surface area contributed by atoms with E-state index in [1.165, 1.54) is 17.2 Å². The molecule has 0 saturated carbocycles. The molecule has 4 nitrogen and oxygen atoms in total. The zero-order valence-corrected chi connectivity index (χ0v) is 14.1. The van der Waals surface area contributed by atoms with Crippen molar-refractivity contribution in [3.05, 3.63) is 42.2 Å². The van der Waals surface area contributed by atoms with E-state index in [-0.39, 0.29) is 5.91 Å². The molecule has 1 N–H and O–H groups in total. The van der Waals surface area contributed by atoms with E-state index in [9.17, 15) is 4.79 Å². The number of hydrogen-bond acceptors (Lipinski definition) is 2. The molecule has 1 aliphatic heterocycles. The van der Waals surface area contributed by atoms with Crippen molar-refractivity contribution in [1.82, 2.24) is 14.9 Å². The van der Waals surface area contributed by atoms with E-state index in [1.807, 2.05) is 17.2 Å². The van der Waals surface area contributed by atoms with Crippen LogP contribution in [0.2, 0.25) is 0 Å². The predicted octanol–water partition coefficient (Wildman–Crippen LogP) is 4.05. The van der Waals surface area contributed by atoms with Gasteiger partial charge in [0.05, 0.1) is 11.7 Å². The summed E-state index contributed by atoms with van der Waals surface area (Å²) in [7, 11) is 0. The second-order valence-electron chi connectivity index (χ2n) is 6.82. The van der Waals surface area contributed by atoms with Crippen LogP contribution < -0.4 is 0 Å². The minimum Gasteiger partial charge on any atom is -0.353 e. The Morgan fingerprint density at radius 2 is 2.12 bits per heavy atom. The lowest BCUT2D eigenvalue weighted by Gasteiger charge is -2.33. The number of piperidine rings is 1. The van der Waals surface area contributed by atoms with Gasteiger partial charge in [-0.25, -0.2) is 0 Å². The van der Waals surface area contributed by atoms with Gasteiger partial charge in [-0.15, -0.1) is 0 Å². The third-order valence-electron chi connectivity index (χ3n) is 5.17. The first-order valence-corrected chi connectivity index (χ1v) is 8.87. The Balaban J connectivity index is 1.52. The molecule has 3 heterocycles. The van der Waals surface area contributed by atoms with Crippen molar-refractivity contribution in [3.8, 4) is 0 Å². The largest absolute Gasteiger partial charge is 0.353 e. The Morgan fingerprint density at radius 1 is 1.25 bits per heavy atom. The van der Waals surface area contributed by atoms with Crippen LogP contribution in [0.5, 0.6) is 0 Å². The van der Waals surface area contributed by atoms with Crippen molar-refractivity contribution in [2.45, 2.75) is 45.1 Å². The number of benzene rings is 1. The van der Waals surface area contributed by atoms with Gasteiger partial charge in [0.1, 0.15) is 0 Å². The lowest BCUT2D eigenvalue weighted by Crippen LogP contribution is -2.42. The molecule has 1 aromatic carbocycles. The minimum absolute atomic E-state index is 0.267. The maximum absolute atomic E-state index is 12.5. The van der Waals surface area contributed by atoms with Gasteiger partial charge in [0.25, 0.3) is 0 Å². The van der Waals surface area contributed by atoms with Gasteiger partial charge in [-0.2, -0.15) is 0 Å². The fourth-order valence-corrected chi connectivity index (χ4v) is 3.78. The monoisotopic (exact) mass is 321 g/mol. The lowest BCUT2D eigenvalue weighted by atomic mass is 10.0. The Labute approximate surface area is 141 Å². The average molecular weight is 321 g/mol. The number of H-pyrrole nitrogens is 1. The number of aromatic nitrogens is 2. The van der Waals surface area contributed by atoms with Crippen molar-refractivity contribution in [1.29, 1.82) is 0 Å². The summed E-state index contributed by atoms with van der Waals surface area (Å²) in [6, 6.07) is 10.8. The van der Waals surface area contributed by atoms with Gasteiger partial charge in [0.2, 0.25) is 5.91 Å². The molecule has 0 bridgehead atoms. The number of para-hydroxylation sites is 1. The first kappa shape index (κ1) is 15.2. The van der Waals surface area contributed by atoms with E-state index in [0.717, 1.165) is 36.1 Å². The Bertz CT molecular complexity index is 883. The van der Waals surface area contributed by atoms with Crippen molar-refractivity contribution in [2.75, 3.05) is 6.54 Å². The summed E-state index contributed by atoms with van der Waals surface area (Å²) < 4.78 is 0. The van der Waals surface area contributed by atoms with E-state index in [0.29, 0.717) is 18.9 Å². The van der Waals surface area contributed by atoms with Crippen LogP contribution in [0.4, 0.5) is 0 Å². The molecule has 1 fully saturated rings. The molecule has 1 atom stereocenters. The van der Waals surface area contributed by atoms with Crippen LogP contribution in [0.25, 0.3) is 21.8 Å². The highest BCUT2D eigenvalue weighted by Crippen LogP contribution is 2.25. The number of hydrogen-bond donors (Lipinski definition) is 1. The number of amides is 1. The summed E-state index contributed by atoms with van der Waals surface area (Å²) in [6.45, 7) is 3.07. The van der Waals surface area contributed by atoms with Crippen LogP contribution in [-0.4, -0.2) is 33.4 Å². The lowest BCUT2D eigenvalue weighted by molar-refractivity contribution is -0.134. The molecule has 2 aromatic heterocycles. The van der Waals surface area contributed by atoms with Gasteiger partial charge in [0.15, 0.2) is 0 Å². The molecule has 3 aromatic rings. The van der Waals surface area contributed by atoms with Crippen molar-refractivity contribution >= 4 is 27.7 Å². The second kappa shape index (κ2) is 6.27. The van der Waals surface area contributed by atoms with Gasteiger partial charge in [-0.05, 0) is 44.7 Å². The Morgan fingerprint density at radius 3 is 3.00 bits per heavy atom. The van der Waals surface area contributed by atoms with E-state index < -0.39 is 0 Å². The molecule has 24 heavy (non-hydrogen) atoms. The van der Waals surface area contributed by atoms with Crippen LogP contribution in [0.15, 0.2) is 36.5 Å². The number of pyridine rings is 1. The highest BCUT2D eigenvalue weighted by molar-refractivity contribution is 6.06. The summed E-state index contributed by atoms with van der Waals surface area (Å²) >= 11 is 0. The molecule has 1 amide bonds. The highest BCUT2D eigenvalue weighted by atomic mass is 16.2. The summed E-state index contributed by atoms with van der Waals surface area (Å²) in [5.41, 5.74) is 3.17. The van der Waals surface area contributed by atoms with Crippen molar-refractivity contribution in [3.63, 3.8) is 0 Å². The molecule has 4 heteroatoms. The van der Waals surface area contributed by atoms with Crippen LogP contribution in [0.3, 0.4) is 0 Å². The molecule has 1 saturated heterocycles. The molecule has 0 spiro atoms. The van der Waals surface area contributed by atoms with E-state index in [4.69, 9.17) is 0 Å². The molecule has 124 valence electrons. The maximum Gasteiger partial charge on any atom is 0.223 e. The third-order valence-corrected chi connectivity index (χ3v) is 5.17. The first-order valence-electron chi connectivity index (χ1n) is 8.87. The van der Waals surface area contributed by atoms with Gasteiger partial charge >= 0.3 is 0 Å². The summed E-state index contributed by atoms with van der Waals surface area (Å²) in [5.74, 6) is 0.267. The van der Waals surface area contributed by atoms with Crippen LogP contribution in [-0.2, 0) is 11.2 Å². The molecular formula is C20H23N3O. The molecule has 1 unspecified atom stereocenters. The van der Waals surface area contributed by atoms with Gasteiger partial charge in [0, 0.05) is 41.0 Å². The van der Waals surface area contributed by atoms with Crippen LogP contribution in [0.1, 0.15) is 38.3 Å². The second-order valence-corrected chi connectivity index (χ2v) is 6.82. The number of nitrogens with zero attached hydrogens (tertiary/aromatic N) is 2. The van der Waals surface area contributed by atoms with E-state index >= 15 is 0 Å². The predicted molar refractivity (Wildman–Crippen MR) is 96.9 cm³/mol. The van der Waals surface area contributed by atoms with E-state index in [2.05, 4.69) is 41.2 Å². The number of aromatic amines is 1. The fourth-order valence-electron chi connectivity index (χ4n) is 3.78. The van der Waals surface area contributed by atoms with E-state index in [1.54, 1.807) is 0 Å². The molecule has 0 radical (unpaired) electrons. The number of rotatable bonds is 3. The van der Waals surface area contributed by atoms with Crippen molar-refractivity contribution in [2.24, 2.45) is 0 Å². The normalized spacial score (nSPS) is 18.4. The smallest absolute Gasteiger partial charge is 0.223 e. The summed E-state index contributed by atoms with van der Waals surface area (Å²) in [6.07, 6.45) is 6.64. The van der Waals surface area contributed by atoms with Crippen LogP contribution in [0, 0.1) is 0 Å². The number of aryl methyl sites for hydroxylation is 1. The number of nitrogens with one attached hydrogen (secondary N) is 1. The number of carbonyl (C=O) groups excluding carboxylic acids is 1. The molecule has 0 aliphatic carbocycles. The number of likely N-dealkylation sites (tertiary alicyclic amines) is 1. The van der Waals surface area contributed by atoms with Crippen LogP contribution >= 0.6 is 0 Å². The first-order chi connectivity index (χ1) is 11.7. The Hall–Kier alpha value is -2.36. The highest BCUT2D eigenvalue weighted by Gasteiger charge is 2.22. The molecule has 4 rings (SSSR count). The topological polar surface area (TPSA) is 49.0 Å². The average Bonchev–Trinajstić information content (AvgIpc) is 2.98. The van der Waals surface area contributed by atoms with Gasteiger partial charge < -0.3 is 9.88 Å². The zero-order chi connectivity index (χ0) is 16.5. The maximum atomic E-state index is 12.5. The van der Waals surface area contributed by atoms with Gasteiger partial charge in [-0.3, -0.25) is 9.78 Å². The SMILES string of the molecule is CC1CCCCN1C(=O)CCc1cc2c(cn1)[nH]c1ccccc12. The fraction of sp³-hybridized carbons (Fsp3) is 0.400. The number of fused-ring (bicyclic) bond motifs is 3. The minimum atomic E-state index is 0.267.